The number of amides is 4. The van der Waals surface area contributed by atoms with E-state index in [9.17, 15) is 18.8 Å². The molecule has 3 rings (SSSR count). The largest absolute Gasteiger partial charge is 0.339 e. The molecule has 0 spiro atoms. The van der Waals surface area contributed by atoms with Gasteiger partial charge in [0.1, 0.15) is 5.82 Å². The highest BCUT2D eigenvalue weighted by molar-refractivity contribution is 6.06. The second kappa shape index (κ2) is 6.36. The van der Waals surface area contributed by atoms with E-state index < -0.39 is 11.8 Å². The number of hydrogen-bond acceptors (Lipinski definition) is 3. The number of likely N-dealkylation sites (tertiary alicyclic amines) is 1. The van der Waals surface area contributed by atoms with E-state index in [-0.39, 0.29) is 30.5 Å². The number of rotatable bonds is 2. The van der Waals surface area contributed by atoms with Gasteiger partial charge in [0.25, 0.3) is 5.91 Å². The van der Waals surface area contributed by atoms with E-state index in [1.54, 1.807) is 4.90 Å². The summed E-state index contributed by atoms with van der Waals surface area (Å²) in [5.74, 6) is -1.13. The Labute approximate surface area is 133 Å². The molecule has 0 bridgehead atoms. The summed E-state index contributed by atoms with van der Waals surface area (Å²) in [5, 5.41) is 2.15. The molecule has 1 N–H and O–H groups in total. The van der Waals surface area contributed by atoms with Crippen LogP contribution in [0.3, 0.4) is 0 Å². The highest BCUT2D eigenvalue weighted by atomic mass is 19.1. The summed E-state index contributed by atoms with van der Waals surface area (Å²) < 4.78 is 14.1. The molecule has 122 valence electrons. The maximum absolute atomic E-state index is 14.1. The van der Waals surface area contributed by atoms with Crippen LogP contribution in [-0.4, -0.2) is 42.4 Å². The van der Waals surface area contributed by atoms with Gasteiger partial charge in [-0.05, 0) is 37.5 Å². The Hall–Kier alpha value is -2.44. The van der Waals surface area contributed by atoms with Gasteiger partial charge in [-0.15, -0.1) is 0 Å². The third kappa shape index (κ3) is 3.18. The van der Waals surface area contributed by atoms with Crippen molar-refractivity contribution in [2.24, 2.45) is 0 Å². The zero-order valence-corrected chi connectivity index (χ0v) is 12.7. The molecule has 0 aliphatic carbocycles. The van der Waals surface area contributed by atoms with Crippen molar-refractivity contribution in [1.82, 2.24) is 10.2 Å². The highest BCUT2D eigenvalue weighted by Crippen LogP contribution is 2.24. The van der Waals surface area contributed by atoms with Crippen LogP contribution in [0.2, 0.25) is 0 Å². The van der Waals surface area contributed by atoms with Gasteiger partial charge in [-0.25, -0.2) is 9.18 Å². The molecule has 6 nitrogen and oxygen atoms in total. The second-order valence-corrected chi connectivity index (χ2v) is 5.77. The number of halogens is 1. The maximum Gasteiger partial charge on any atom is 0.328 e. The minimum Gasteiger partial charge on any atom is -0.339 e. The monoisotopic (exact) mass is 319 g/mol. The van der Waals surface area contributed by atoms with Crippen molar-refractivity contribution in [1.29, 1.82) is 0 Å². The molecule has 2 saturated heterocycles. The Kier molecular flexibility index (Phi) is 4.27. The van der Waals surface area contributed by atoms with E-state index >= 15 is 0 Å². The molecule has 2 aliphatic rings. The van der Waals surface area contributed by atoms with Gasteiger partial charge in [0, 0.05) is 31.6 Å². The molecule has 1 aromatic rings. The van der Waals surface area contributed by atoms with Crippen LogP contribution in [0.25, 0.3) is 0 Å². The van der Waals surface area contributed by atoms with Crippen LogP contribution in [0, 0.1) is 5.82 Å². The molecule has 2 aliphatic heterocycles. The summed E-state index contributed by atoms with van der Waals surface area (Å²) in [6.07, 6.45) is 3.16. The highest BCUT2D eigenvalue weighted by Gasteiger charge is 2.27. The van der Waals surface area contributed by atoms with Crippen molar-refractivity contribution in [3.8, 4) is 0 Å². The van der Waals surface area contributed by atoms with E-state index in [1.165, 1.54) is 18.2 Å². The first-order valence-electron chi connectivity index (χ1n) is 7.76. The van der Waals surface area contributed by atoms with Gasteiger partial charge in [0.2, 0.25) is 5.91 Å². The number of nitrogens with one attached hydrogen (secondary N) is 1. The van der Waals surface area contributed by atoms with Crippen molar-refractivity contribution in [3.63, 3.8) is 0 Å². The van der Waals surface area contributed by atoms with Gasteiger partial charge in [-0.2, -0.15) is 0 Å². The fraction of sp³-hybridized carbons (Fsp3) is 0.438. The van der Waals surface area contributed by atoms with Crippen molar-refractivity contribution >= 4 is 23.5 Å². The number of nitrogens with zero attached hydrogens (tertiary/aromatic N) is 2. The average molecular weight is 319 g/mol. The lowest BCUT2D eigenvalue weighted by atomic mass is 10.1. The van der Waals surface area contributed by atoms with Crippen molar-refractivity contribution in [2.75, 3.05) is 24.5 Å². The van der Waals surface area contributed by atoms with E-state index in [0.29, 0.717) is 18.7 Å². The number of carbonyl (C=O) groups excluding carboxylic acids is 3. The molecular weight excluding hydrogens is 301 g/mol. The minimum absolute atomic E-state index is 0.0258. The summed E-state index contributed by atoms with van der Waals surface area (Å²) >= 11 is 0. The Morgan fingerprint density at radius 2 is 1.83 bits per heavy atom. The second-order valence-electron chi connectivity index (χ2n) is 5.77. The number of imide groups is 1. The van der Waals surface area contributed by atoms with Gasteiger partial charge in [0.15, 0.2) is 0 Å². The lowest BCUT2D eigenvalue weighted by molar-refractivity contribution is -0.120. The molecule has 1 aromatic carbocycles. The molecule has 7 heteroatoms. The first-order chi connectivity index (χ1) is 11.1. The molecule has 2 fully saturated rings. The smallest absolute Gasteiger partial charge is 0.328 e. The molecule has 23 heavy (non-hydrogen) atoms. The summed E-state index contributed by atoms with van der Waals surface area (Å²) in [4.78, 5) is 38.5. The molecule has 0 saturated carbocycles. The normalized spacial score (nSPS) is 18.8. The van der Waals surface area contributed by atoms with Crippen molar-refractivity contribution in [2.45, 2.75) is 25.7 Å². The van der Waals surface area contributed by atoms with Crippen LogP contribution in [-0.2, 0) is 4.79 Å². The van der Waals surface area contributed by atoms with E-state index in [0.717, 1.165) is 24.2 Å². The number of hydrogen-bond donors (Lipinski definition) is 1. The number of anilines is 1. The Morgan fingerprint density at radius 3 is 2.52 bits per heavy atom. The fourth-order valence-electron chi connectivity index (χ4n) is 2.93. The zero-order chi connectivity index (χ0) is 16.4. The van der Waals surface area contributed by atoms with Gasteiger partial charge in [-0.1, -0.05) is 0 Å². The van der Waals surface area contributed by atoms with Crippen LogP contribution in [0.1, 0.15) is 36.0 Å². The molecule has 0 aromatic heterocycles. The maximum atomic E-state index is 14.1. The van der Waals surface area contributed by atoms with Crippen LogP contribution in [0.4, 0.5) is 14.9 Å². The molecule has 0 unspecified atom stereocenters. The van der Waals surface area contributed by atoms with Crippen LogP contribution in [0.5, 0.6) is 0 Å². The summed E-state index contributed by atoms with van der Waals surface area (Å²) in [5.41, 5.74) is 0.380. The van der Waals surface area contributed by atoms with Crippen LogP contribution >= 0.6 is 0 Å². The molecule has 0 atom stereocenters. The van der Waals surface area contributed by atoms with Crippen molar-refractivity contribution < 1.29 is 18.8 Å². The van der Waals surface area contributed by atoms with Crippen LogP contribution in [0.15, 0.2) is 18.2 Å². The molecular formula is C16H18FN3O3. The van der Waals surface area contributed by atoms with Gasteiger partial charge in [-0.3, -0.25) is 19.8 Å². The quantitative estimate of drug-likeness (QED) is 0.905. The van der Waals surface area contributed by atoms with Crippen molar-refractivity contribution in [3.05, 3.63) is 29.6 Å². The number of urea groups is 1. The minimum atomic E-state index is -0.664. The summed E-state index contributed by atoms with van der Waals surface area (Å²) in [6.45, 7) is 1.50. The lowest BCUT2D eigenvalue weighted by Crippen LogP contribution is -2.50. The Bertz CT molecular complexity index is 656. The Morgan fingerprint density at radius 1 is 1.09 bits per heavy atom. The Balaban J connectivity index is 1.85. The predicted octanol–water partition coefficient (Wildman–Crippen LogP) is 1.90. The topological polar surface area (TPSA) is 69.7 Å². The average Bonchev–Trinajstić information content (AvgIpc) is 2.56. The molecule has 0 radical (unpaired) electrons. The standard InChI is InChI=1S/C16H18FN3O3/c17-12-5-4-11(15(22)19-7-2-1-3-8-19)10-13(12)20-9-6-14(21)18-16(20)23/h4-5,10H,1-3,6-9H2,(H,18,21,23). The zero-order valence-electron chi connectivity index (χ0n) is 12.7. The van der Waals surface area contributed by atoms with Gasteiger partial charge >= 0.3 is 6.03 Å². The van der Waals surface area contributed by atoms with Gasteiger partial charge < -0.3 is 4.90 Å². The number of carbonyl (C=O) groups is 3. The summed E-state index contributed by atoms with van der Waals surface area (Å²) in [6, 6.07) is 3.35. The summed E-state index contributed by atoms with van der Waals surface area (Å²) in [7, 11) is 0. The third-order valence-corrected chi connectivity index (χ3v) is 4.18. The SMILES string of the molecule is O=C1CCN(c2cc(C(=O)N3CCCCC3)ccc2F)C(=O)N1. The number of piperidine rings is 1. The number of benzene rings is 1. The first kappa shape index (κ1) is 15.5. The fourth-order valence-corrected chi connectivity index (χ4v) is 2.93. The van der Waals surface area contributed by atoms with E-state index in [1.807, 2.05) is 0 Å². The molecule has 2 heterocycles. The third-order valence-electron chi connectivity index (χ3n) is 4.18. The predicted molar refractivity (Wildman–Crippen MR) is 81.7 cm³/mol. The van der Waals surface area contributed by atoms with Crippen LogP contribution < -0.4 is 10.2 Å². The van der Waals surface area contributed by atoms with E-state index in [2.05, 4.69) is 5.32 Å². The molecule has 4 amide bonds. The van der Waals surface area contributed by atoms with Gasteiger partial charge in [0.05, 0.1) is 5.69 Å². The van der Waals surface area contributed by atoms with E-state index in [4.69, 9.17) is 0 Å². The lowest BCUT2D eigenvalue weighted by Gasteiger charge is -2.29. The first-order valence-corrected chi connectivity index (χ1v) is 7.76.